The number of carboxylic acids is 1. The standard InChI is InChI=1S/C57H92O24/c1-24-43(79-49-45(35(62)28(60)21-72-49)81-50-44(34(61)27(59)22-73-50)80-46-40(67)37(64)30(23-74-46)77-48-41(68)38(65)36(63)29(20-58)76-48)39(66)42(69)47(75-24)78-33-12-13-54(6)31(53(33,4)5)11-14-56(8)32(54)10-9-25-26-19-52(2,3)15-17-57(26,51(70)71)18-16-55(25,56)7/h9,24,26-50,58-69H,10-23H2,1-8H3,(H,70,71)/t24-,26+,27-,28-,29+,30+,31+,32+,33-,34-,35-,36+,37-,38-,39-,40+,41+,42+,43-,44+,45+,46-,47-,48-,49-,50-,54+,55-,56+,57-/m0/s1. The van der Waals surface area contributed by atoms with Crippen molar-refractivity contribution in [2.24, 2.45) is 50.2 Å². The van der Waals surface area contributed by atoms with Gasteiger partial charge in [-0.2, -0.15) is 0 Å². The first-order valence-electron chi connectivity index (χ1n) is 29.4. The molecular weight excluding hydrogens is 1070 g/mol. The van der Waals surface area contributed by atoms with Crippen LogP contribution in [0.4, 0.5) is 0 Å². The van der Waals surface area contributed by atoms with Crippen LogP contribution in [0.1, 0.15) is 120 Å². The number of allylic oxidation sites excluding steroid dienone is 2. The van der Waals surface area contributed by atoms with Gasteiger partial charge in [0.15, 0.2) is 31.5 Å². The van der Waals surface area contributed by atoms with Crippen molar-refractivity contribution in [3.8, 4) is 0 Å². The van der Waals surface area contributed by atoms with Gasteiger partial charge in [0.1, 0.15) is 97.7 Å². The number of carbonyl (C=O) groups is 1. The molecule has 0 radical (unpaired) electrons. The van der Waals surface area contributed by atoms with E-state index in [1.165, 1.54) is 5.57 Å². The Hall–Kier alpha value is -1.67. The summed E-state index contributed by atoms with van der Waals surface area (Å²) in [6.07, 6.45) is -25.1. The highest BCUT2D eigenvalue weighted by Crippen LogP contribution is 2.76. The third-order valence-corrected chi connectivity index (χ3v) is 22.4. The van der Waals surface area contributed by atoms with Crippen molar-refractivity contribution < 1.29 is 119 Å². The number of carboxylic acid groups (broad SMARTS) is 1. The van der Waals surface area contributed by atoms with Crippen molar-refractivity contribution in [2.45, 2.75) is 261 Å². The molecule has 0 aromatic rings. The van der Waals surface area contributed by atoms with Crippen LogP contribution in [0.15, 0.2) is 11.6 Å². The molecule has 81 heavy (non-hydrogen) atoms. The summed E-state index contributed by atoms with van der Waals surface area (Å²) >= 11 is 0. The summed E-state index contributed by atoms with van der Waals surface area (Å²) in [7, 11) is 0. The summed E-state index contributed by atoms with van der Waals surface area (Å²) in [6.45, 7) is 15.7. The summed E-state index contributed by atoms with van der Waals surface area (Å²) in [6, 6.07) is 0. The first kappa shape index (κ1) is 62.4. The van der Waals surface area contributed by atoms with Crippen LogP contribution in [0.25, 0.3) is 0 Å². The van der Waals surface area contributed by atoms with Gasteiger partial charge in [-0.05, 0) is 116 Å². The Morgan fingerprint density at radius 3 is 1.77 bits per heavy atom. The van der Waals surface area contributed by atoms with E-state index in [0.717, 1.165) is 44.9 Å². The van der Waals surface area contributed by atoms with E-state index in [0.29, 0.717) is 25.2 Å². The highest BCUT2D eigenvalue weighted by molar-refractivity contribution is 5.76. The third-order valence-electron chi connectivity index (χ3n) is 22.4. The van der Waals surface area contributed by atoms with Crippen LogP contribution >= 0.6 is 0 Å². The minimum Gasteiger partial charge on any atom is -0.481 e. The number of aliphatic hydroxyl groups is 12. The minimum absolute atomic E-state index is 0.0161. The molecule has 5 heterocycles. The molecule has 4 saturated carbocycles. The highest BCUT2D eigenvalue weighted by atomic mass is 16.8. The van der Waals surface area contributed by atoms with Gasteiger partial charge < -0.3 is 114 Å². The number of rotatable bonds is 12. The van der Waals surface area contributed by atoms with E-state index in [-0.39, 0.29) is 39.6 Å². The number of aliphatic hydroxyl groups excluding tert-OH is 12. The van der Waals surface area contributed by atoms with Gasteiger partial charge in [0.25, 0.3) is 0 Å². The monoisotopic (exact) mass is 1160 g/mol. The lowest BCUT2D eigenvalue weighted by molar-refractivity contribution is -0.389. The predicted molar refractivity (Wildman–Crippen MR) is 276 cm³/mol. The van der Waals surface area contributed by atoms with Crippen molar-refractivity contribution in [1.82, 2.24) is 0 Å². The van der Waals surface area contributed by atoms with Gasteiger partial charge >= 0.3 is 5.97 Å². The number of ether oxygens (including phenoxy) is 10. The lowest BCUT2D eigenvalue weighted by atomic mass is 9.33. The Kier molecular flexibility index (Phi) is 17.6. The predicted octanol–water partition coefficient (Wildman–Crippen LogP) is -0.700. The molecule has 0 spiro atoms. The molecular formula is C57H92O24. The van der Waals surface area contributed by atoms with Crippen LogP contribution in [0.5, 0.6) is 0 Å². The van der Waals surface area contributed by atoms with Gasteiger partial charge in [0, 0.05) is 0 Å². The van der Waals surface area contributed by atoms with Gasteiger partial charge in [-0.3, -0.25) is 4.79 Å². The van der Waals surface area contributed by atoms with Crippen LogP contribution < -0.4 is 0 Å². The van der Waals surface area contributed by atoms with E-state index < -0.39 is 178 Å². The van der Waals surface area contributed by atoms with Crippen LogP contribution in [-0.4, -0.2) is 240 Å². The smallest absolute Gasteiger partial charge is 0.310 e. The second-order valence-corrected chi connectivity index (χ2v) is 27.7. The summed E-state index contributed by atoms with van der Waals surface area (Å²) in [4.78, 5) is 13.2. The molecule has 0 aromatic carbocycles. The second-order valence-electron chi connectivity index (χ2n) is 27.7. The molecule has 0 amide bonds. The van der Waals surface area contributed by atoms with E-state index >= 15 is 0 Å². The van der Waals surface area contributed by atoms with Gasteiger partial charge in [0.2, 0.25) is 0 Å². The van der Waals surface area contributed by atoms with Crippen LogP contribution in [0.3, 0.4) is 0 Å². The van der Waals surface area contributed by atoms with Crippen molar-refractivity contribution in [2.75, 3.05) is 26.4 Å². The SMILES string of the molecule is C[C@@H]1O[C@@H](O[C@H]2CC[C@]3(C)[C@H](CC[C@]4(C)[C@@H]3CC=C3[C@H]5CC(C)(C)CC[C@]5(C(=O)O)CC[C@@]34C)C2(C)C)[C@H](O)[C@H](O)[C@H]1O[C@@H]1OC[C@H](O)[C@H](O)[C@H]1O[C@@H]1OC[C@H](O)[C@H](O)[C@H]1O[C@@H]1OC[C@@H](O[C@@H]2O[C@H](CO)[C@@H](O)[C@H](O)[C@H]2O)[C@H](O)[C@H]1O. The maximum absolute atomic E-state index is 13.2. The Balaban J connectivity index is 0.784. The van der Waals surface area contributed by atoms with E-state index in [9.17, 15) is 71.2 Å². The summed E-state index contributed by atoms with van der Waals surface area (Å²) in [5.41, 5.74) is 0.0554. The van der Waals surface area contributed by atoms with Crippen molar-refractivity contribution in [3.63, 3.8) is 0 Å². The maximum atomic E-state index is 13.2. The molecule has 24 heteroatoms. The molecule has 0 aromatic heterocycles. The first-order chi connectivity index (χ1) is 37.9. The van der Waals surface area contributed by atoms with Gasteiger partial charge in [-0.1, -0.05) is 60.1 Å². The lowest BCUT2D eigenvalue weighted by Crippen LogP contribution is -2.66. The minimum atomic E-state index is -1.96. The molecule has 10 rings (SSSR count). The largest absolute Gasteiger partial charge is 0.481 e. The van der Waals surface area contributed by atoms with E-state index in [2.05, 4.69) is 54.5 Å². The quantitative estimate of drug-likeness (QED) is 0.0849. The molecule has 9 fully saturated rings. The fourth-order valence-corrected chi connectivity index (χ4v) is 17.2. The Morgan fingerprint density at radius 2 is 1.14 bits per heavy atom. The number of aliphatic carboxylic acids is 1. The summed E-state index contributed by atoms with van der Waals surface area (Å²) in [5.74, 6) is -0.0592. The zero-order valence-electron chi connectivity index (χ0n) is 47.8. The van der Waals surface area contributed by atoms with Crippen molar-refractivity contribution in [1.29, 1.82) is 0 Å². The van der Waals surface area contributed by atoms with E-state index in [1.54, 1.807) is 6.92 Å². The average Bonchev–Trinajstić information content (AvgIpc) is 1.12. The first-order valence-corrected chi connectivity index (χ1v) is 29.4. The fourth-order valence-electron chi connectivity index (χ4n) is 17.2. The van der Waals surface area contributed by atoms with Gasteiger partial charge in [-0.25, -0.2) is 0 Å². The highest BCUT2D eigenvalue weighted by Gasteiger charge is 2.70. The molecule has 0 unspecified atom stereocenters. The average molecular weight is 1160 g/mol. The van der Waals surface area contributed by atoms with Crippen LogP contribution in [0.2, 0.25) is 0 Å². The molecule has 464 valence electrons. The van der Waals surface area contributed by atoms with Crippen molar-refractivity contribution >= 4 is 5.97 Å². The molecule has 0 bridgehead atoms. The molecule has 24 nitrogen and oxygen atoms in total. The zero-order chi connectivity index (χ0) is 58.8. The number of hydrogen-bond acceptors (Lipinski definition) is 23. The van der Waals surface area contributed by atoms with E-state index in [1.807, 2.05) is 0 Å². The second kappa shape index (κ2) is 22.8. The molecule has 5 aliphatic carbocycles. The normalized spacial score (nSPS) is 54.4. The summed E-state index contributed by atoms with van der Waals surface area (Å²) < 4.78 is 59.6. The van der Waals surface area contributed by atoms with Gasteiger partial charge in [0.05, 0.1) is 44.1 Å². The molecule has 10 aliphatic rings. The molecule has 5 aliphatic heterocycles. The van der Waals surface area contributed by atoms with Crippen LogP contribution in [0, 0.1) is 50.2 Å². The fraction of sp³-hybridized carbons (Fsp3) is 0.947. The maximum Gasteiger partial charge on any atom is 0.310 e. The zero-order valence-corrected chi connectivity index (χ0v) is 47.8. The Bertz CT molecular complexity index is 2250. The lowest BCUT2D eigenvalue weighted by Gasteiger charge is -2.71. The number of hydrogen-bond donors (Lipinski definition) is 13. The third kappa shape index (κ3) is 10.5. The van der Waals surface area contributed by atoms with E-state index in [4.69, 9.17) is 47.4 Å². The van der Waals surface area contributed by atoms with Crippen LogP contribution in [-0.2, 0) is 52.2 Å². The molecule has 30 atom stereocenters. The Morgan fingerprint density at radius 1 is 0.568 bits per heavy atom. The summed E-state index contributed by atoms with van der Waals surface area (Å²) in [5, 5.41) is 141. The molecule has 5 saturated heterocycles. The Labute approximate surface area is 472 Å². The number of fused-ring (bicyclic) bond motifs is 7. The van der Waals surface area contributed by atoms with Crippen molar-refractivity contribution in [3.05, 3.63) is 11.6 Å². The topological polar surface area (TPSA) is 372 Å². The molecule has 13 N–H and O–H groups in total. The van der Waals surface area contributed by atoms with Gasteiger partial charge in [-0.15, -0.1) is 0 Å².